The predicted octanol–water partition coefficient (Wildman–Crippen LogP) is 2.59. The average molecular weight is 251 g/mol. The van der Waals surface area contributed by atoms with E-state index in [-0.39, 0.29) is 17.9 Å². The third-order valence-electron chi connectivity index (χ3n) is 2.95. The van der Waals surface area contributed by atoms with E-state index in [4.69, 9.17) is 5.11 Å². The standard InChI is InChI=1S/C15H25NO2/c1-4-9-15(10-5-2,11-6-3)13-16-14(18)8-7-12-17/h4-6,17H,1-3,7-13H2,(H,16,18). The molecule has 0 aromatic rings. The number of hydrogen-bond acceptors (Lipinski definition) is 2. The first-order valence-electron chi connectivity index (χ1n) is 6.34. The molecule has 0 heterocycles. The van der Waals surface area contributed by atoms with Crippen molar-refractivity contribution in [1.29, 1.82) is 0 Å². The van der Waals surface area contributed by atoms with Crippen LogP contribution in [0.1, 0.15) is 32.1 Å². The fourth-order valence-electron chi connectivity index (χ4n) is 2.00. The van der Waals surface area contributed by atoms with E-state index in [0.29, 0.717) is 19.4 Å². The van der Waals surface area contributed by atoms with E-state index in [0.717, 1.165) is 19.3 Å². The summed E-state index contributed by atoms with van der Waals surface area (Å²) in [6.45, 7) is 11.9. The zero-order valence-corrected chi connectivity index (χ0v) is 11.2. The summed E-state index contributed by atoms with van der Waals surface area (Å²) in [7, 11) is 0. The lowest BCUT2D eigenvalue weighted by atomic mass is 9.78. The molecule has 0 bridgehead atoms. The predicted molar refractivity (Wildman–Crippen MR) is 76.2 cm³/mol. The first-order chi connectivity index (χ1) is 8.64. The summed E-state index contributed by atoms with van der Waals surface area (Å²) in [5.74, 6) is -0.0226. The number of nitrogens with one attached hydrogen (secondary N) is 1. The summed E-state index contributed by atoms with van der Waals surface area (Å²) >= 11 is 0. The molecule has 0 unspecified atom stereocenters. The molecule has 0 aliphatic heterocycles. The van der Waals surface area contributed by atoms with E-state index < -0.39 is 0 Å². The Morgan fingerprint density at radius 2 is 1.61 bits per heavy atom. The Hall–Kier alpha value is -1.35. The molecule has 0 aliphatic carbocycles. The average Bonchev–Trinajstić information content (AvgIpc) is 2.35. The lowest BCUT2D eigenvalue weighted by Crippen LogP contribution is -2.37. The molecule has 18 heavy (non-hydrogen) atoms. The Balaban J connectivity index is 4.45. The van der Waals surface area contributed by atoms with Crippen molar-refractivity contribution >= 4 is 5.91 Å². The number of allylic oxidation sites excluding steroid dienone is 3. The maximum Gasteiger partial charge on any atom is 0.220 e. The number of carbonyl (C=O) groups excluding carboxylic acids is 1. The second kappa shape index (κ2) is 9.66. The highest BCUT2D eigenvalue weighted by Crippen LogP contribution is 2.31. The molecule has 102 valence electrons. The Morgan fingerprint density at radius 3 is 2.00 bits per heavy atom. The van der Waals surface area contributed by atoms with Gasteiger partial charge < -0.3 is 10.4 Å². The molecule has 0 fully saturated rings. The van der Waals surface area contributed by atoms with Crippen molar-refractivity contribution in [3.05, 3.63) is 38.0 Å². The lowest BCUT2D eigenvalue weighted by molar-refractivity contribution is -0.121. The fraction of sp³-hybridized carbons (Fsp3) is 0.533. The smallest absolute Gasteiger partial charge is 0.220 e. The molecule has 3 heteroatoms. The number of hydrogen-bond donors (Lipinski definition) is 2. The van der Waals surface area contributed by atoms with E-state index >= 15 is 0 Å². The van der Waals surface area contributed by atoms with Crippen LogP contribution >= 0.6 is 0 Å². The minimum Gasteiger partial charge on any atom is -0.396 e. The summed E-state index contributed by atoms with van der Waals surface area (Å²) in [5.41, 5.74) is -0.0693. The van der Waals surface area contributed by atoms with E-state index in [1.165, 1.54) is 0 Å². The Bertz CT molecular complexity index is 258. The number of aliphatic hydroxyl groups excluding tert-OH is 1. The van der Waals surface area contributed by atoms with Crippen LogP contribution in [-0.2, 0) is 4.79 Å². The van der Waals surface area contributed by atoms with Crippen molar-refractivity contribution in [2.75, 3.05) is 13.2 Å². The van der Waals surface area contributed by atoms with Gasteiger partial charge in [-0.25, -0.2) is 0 Å². The van der Waals surface area contributed by atoms with Crippen LogP contribution in [-0.4, -0.2) is 24.2 Å². The van der Waals surface area contributed by atoms with Crippen LogP contribution in [0.3, 0.4) is 0 Å². The maximum atomic E-state index is 11.6. The Labute approximate surface area is 110 Å². The van der Waals surface area contributed by atoms with Crippen LogP contribution in [0.2, 0.25) is 0 Å². The molecule has 0 aromatic carbocycles. The van der Waals surface area contributed by atoms with Crippen LogP contribution < -0.4 is 5.32 Å². The van der Waals surface area contributed by atoms with Crippen LogP contribution in [0.15, 0.2) is 38.0 Å². The van der Waals surface area contributed by atoms with Crippen LogP contribution in [0, 0.1) is 5.41 Å². The minimum absolute atomic E-state index is 0.0226. The lowest BCUT2D eigenvalue weighted by Gasteiger charge is -2.31. The molecular weight excluding hydrogens is 226 g/mol. The number of aliphatic hydroxyl groups is 1. The van der Waals surface area contributed by atoms with Crippen molar-refractivity contribution in [3.8, 4) is 0 Å². The first kappa shape index (κ1) is 16.6. The Morgan fingerprint density at radius 1 is 1.11 bits per heavy atom. The first-order valence-corrected chi connectivity index (χ1v) is 6.34. The second-order valence-corrected chi connectivity index (χ2v) is 4.58. The maximum absolute atomic E-state index is 11.6. The van der Waals surface area contributed by atoms with Gasteiger partial charge in [0.25, 0.3) is 0 Å². The summed E-state index contributed by atoms with van der Waals surface area (Å²) in [6, 6.07) is 0. The van der Waals surface area contributed by atoms with E-state index in [1.54, 1.807) is 0 Å². The Kier molecular flexibility index (Phi) is 8.93. The zero-order chi connectivity index (χ0) is 13.9. The SMILES string of the molecule is C=CCC(CC=C)(CC=C)CNC(=O)CCCO. The number of amides is 1. The normalized spacial score (nSPS) is 10.7. The third kappa shape index (κ3) is 6.40. The van der Waals surface area contributed by atoms with Gasteiger partial charge >= 0.3 is 0 Å². The molecule has 0 atom stereocenters. The highest BCUT2D eigenvalue weighted by atomic mass is 16.3. The number of carbonyl (C=O) groups is 1. The third-order valence-corrected chi connectivity index (χ3v) is 2.95. The molecule has 2 N–H and O–H groups in total. The molecule has 0 spiro atoms. The van der Waals surface area contributed by atoms with Crippen molar-refractivity contribution < 1.29 is 9.90 Å². The highest BCUT2D eigenvalue weighted by Gasteiger charge is 2.26. The highest BCUT2D eigenvalue weighted by molar-refractivity contribution is 5.75. The molecule has 0 saturated heterocycles. The van der Waals surface area contributed by atoms with Gasteiger partial charge in [-0.15, -0.1) is 19.7 Å². The topological polar surface area (TPSA) is 49.3 Å². The fourth-order valence-corrected chi connectivity index (χ4v) is 2.00. The van der Waals surface area contributed by atoms with Gasteiger partial charge in [0.15, 0.2) is 0 Å². The summed E-state index contributed by atoms with van der Waals surface area (Å²) < 4.78 is 0. The van der Waals surface area contributed by atoms with Crippen molar-refractivity contribution in [2.45, 2.75) is 32.1 Å². The van der Waals surface area contributed by atoms with Gasteiger partial charge in [-0.1, -0.05) is 18.2 Å². The molecule has 0 rings (SSSR count). The minimum atomic E-state index is -0.0693. The van der Waals surface area contributed by atoms with Crippen molar-refractivity contribution in [2.24, 2.45) is 5.41 Å². The van der Waals surface area contributed by atoms with Crippen molar-refractivity contribution in [1.82, 2.24) is 5.32 Å². The monoisotopic (exact) mass is 251 g/mol. The summed E-state index contributed by atoms with van der Waals surface area (Å²) in [6.07, 6.45) is 8.90. The summed E-state index contributed by atoms with van der Waals surface area (Å²) in [5, 5.41) is 11.6. The summed E-state index contributed by atoms with van der Waals surface area (Å²) in [4.78, 5) is 11.6. The molecule has 0 saturated carbocycles. The van der Waals surface area contributed by atoms with Gasteiger partial charge in [0.2, 0.25) is 5.91 Å². The molecular formula is C15H25NO2. The van der Waals surface area contributed by atoms with Crippen LogP contribution in [0.4, 0.5) is 0 Å². The van der Waals surface area contributed by atoms with E-state index in [1.807, 2.05) is 18.2 Å². The molecule has 0 aromatic heterocycles. The quantitative estimate of drug-likeness (QED) is 0.555. The van der Waals surface area contributed by atoms with Gasteiger partial charge in [-0.3, -0.25) is 4.79 Å². The molecule has 3 nitrogen and oxygen atoms in total. The van der Waals surface area contributed by atoms with Gasteiger partial charge in [0.1, 0.15) is 0 Å². The van der Waals surface area contributed by atoms with E-state index in [9.17, 15) is 4.79 Å². The van der Waals surface area contributed by atoms with Gasteiger partial charge in [0.05, 0.1) is 0 Å². The van der Waals surface area contributed by atoms with E-state index in [2.05, 4.69) is 25.1 Å². The van der Waals surface area contributed by atoms with Crippen LogP contribution in [0.25, 0.3) is 0 Å². The van der Waals surface area contributed by atoms with Gasteiger partial charge in [-0.2, -0.15) is 0 Å². The van der Waals surface area contributed by atoms with Crippen molar-refractivity contribution in [3.63, 3.8) is 0 Å². The molecule has 0 aliphatic rings. The molecule has 0 radical (unpaired) electrons. The van der Waals surface area contributed by atoms with Gasteiger partial charge in [-0.05, 0) is 31.1 Å². The van der Waals surface area contributed by atoms with Gasteiger partial charge in [0, 0.05) is 19.6 Å². The van der Waals surface area contributed by atoms with Crippen LogP contribution in [0.5, 0.6) is 0 Å². The molecule has 1 amide bonds. The largest absolute Gasteiger partial charge is 0.396 e. The second-order valence-electron chi connectivity index (χ2n) is 4.58. The number of rotatable bonds is 11. The zero-order valence-electron chi connectivity index (χ0n) is 11.2.